The van der Waals surface area contributed by atoms with Crippen molar-refractivity contribution in [3.63, 3.8) is 0 Å². The summed E-state index contributed by atoms with van der Waals surface area (Å²) in [6, 6.07) is 7.42. The highest BCUT2D eigenvalue weighted by molar-refractivity contribution is 7.99. The summed E-state index contributed by atoms with van der Waals surface area (Å²) in [5.74, 6) is 2.81. The fourth-order valence-corrected chi connectivity index (χ4v) is 3.62. The number of benzene rings is 1. The van der Waals surface area contributed by atoms with E-state index in [0.717, 1.165) is 42.9 Å². The lowest BCUT2D eigenvalue weighted by atomic mass is 10.2. The van der Waals surface area contributed by atoms with E-state index < -0.39 is 0 Å². The highest BCUT2D eigenvalue weighted by Gasteiger charge is 2.18. The number of aryl methyl sites for hydroxylation is 1. The molecule has 1 saturated heterocycles. The Kier molecular flexibility index (Phi) is 5.28. The summed E-state index contributed by atoms with van der Waals surface area (Å²) in [7, 11) is 0. The van der Waals surface area contributed by atoms with E-state index in [4.69, 9.17) is 16.0 Å². The van der Waals surface area contributed by atoms with Crippen LogP contribution in [0.25, 0.3) is 11.5 Å². The third-order valence-electron chi connectivity index (χ3n) is 3.91. The maximum absolute atomic E-state index is 12.0. The molecule has 1 aliphatic heterocycles. The lowest BCUT2D eigenvalue weighted by molar-refractivity contribution is -0.127. The van der Waals surface area contributed by atoms with Gasteiger partial charge in [-0.25, -0.2) is 4.98 Å². The molecule has 0 bridgehead atoms. The second kappa shape index (κ2) is 7.41. The zero-order chi connectivity index (χ0) is 16.2. The average molecular weight is 351 g/mol. The summed E-state index contributed by atoms with van der Waals surface area (Å²) in [6.45, 7) is 3.72. The van der Waals surface area contributed by atoms with Crippen molar-refractivity contribution in [3.05, 3.63) is 40.7 Å². The lowest BCUT2D eigenvalue weighted by Crippen LogP contribution is -2.29. The van der Waals surface area contributed by atoms with Gasteiger partial charge in [0.1, 0.15) is 5.76 Å². The third kappa shape index (κ3) is 4.09. The molecular formula is C17H19ClN2O2S. The first kappa shape index (κ1) is 16.4. The standard InChI is InChI=1S/C17H19ClN2O2S/c1-12-15(10-23-11-16(21)20-8-2-3-9-20)19-17(22-12)13-4-6-14(18)7-5-13/h4-7H,2-3,8-11H2,1H3. The highest BCUT2D eigenvalue weighted by Crippen LogP contribution is 2.25. The first-order valence-electron chi connectivity index (χ1n) is 7.71. The fraction of sp³-hybridized carbons (Fsp3) is 0.412. The molecule has 0 radical (unpaired) electrons. The minimum atomic E-state index is 0.228. The Balaban J connectivity index is 1.58. The summed E-state index contributed by atoms with van der Waals surface area (Å²) >= 11 is 7.49. The molecule has 0 saturated carbocycles. The molecular weight excluding hydrogens is 332 g/mol. The van der Waals surface area contributed by atoms with Crippen molar-refractivity contribution in [1.29, 1.82) is 0 Å². The number of amides is 1. The van der Waals surface area contributed by atoms with Gasteiger partial charge in [-0.05, 0) is 44.0 Å². The Morgan fingerprint density at radius 2 is 2.00 bits per heavy atom. The second-order valence-electron chi connectivity index (χ2n) is 5.61. The summed E-state index contributed by atoms with van der Waals surface area (Å²) in [4.78, 5) is 18.5. The molecule has 1 fully saturated rings. The van der Waals surface area contributed by atoms with Crippen molar-refractivity contribution in [2.24, 2.45) is 0 Å². The Labute approximate surface area is 145 Å². The number of carbonyl (C=O) groups is 1. The van der Waals surface area contributed by atoms with Gasteiger partial charge in [0.2, 0.25) is 11.8 Å². The van der Waals surface area contributed by atoms with Gasteiger partial charge in [-0.3, -0.25) is 4.79 Å². The van der Waals surface area contributed by atoms with Crippen molar-refractivity contribution >= 4 is 29.3 Å². The first-order valence-corrected chi connectivity index (χ1v) is 9.24. The van der Waals surface area contributed by atoms with Crippen LogP contribution < -0.4 is 0 Å². The largest absolute Gasteiger partial charge is 0.441 e. The van der Waals surface area contributed by atoms with Crippen molar-refractivity contribution in [1.82, 2.24) is 9.88 Å². The van der Waals surface area contributed by atoms with Crippen LogP contribution in [-0.2, 0) is 10.5 Å². The molecule has 0 spiro atoms. The number of likely N-dealkylation sites (tertiary alicyclic amines) is 1. The molecule has 2 heterocycles. The maximum Gasteiger partial charge on any atom is 0.232 e. The van der Waals surface area contributed by atoms with E-state index in [1.165, 1.54) is 0 Å². The smallest absolute Gasteiger partial charge is 0.232 e. The Bertz CT molecular complexity index is 678. The Morgan fingerprint density at radius 3 is 2.70 bits per heavy atom. The number of thioether (sulfide) groups is 1. The Morgan fingerprint density at radius 1 is 1.30 bits per heavy atom. The second-order valence-corrected chi connectivity index (χ2v) is 7.03. The van der Waals surface area contributed by atoms with Crippen LogP contribution in [0.5, 0.6) is 0 Å². The van der Waals surface area contributed by atoms with Gasteiger partial charge < -0.3 is 9.32 Å². The number of carbonyl (C=O) groups excluding carboxylic acids is 1. The molecule has 1 aromatic carbocycles. The van der Waals surface area contributed by atoms with Crippen molar-refractivity contribution < 1.29 is 9.21 Å². The minimum absolute atomic E-state index is 0.228. The van der Waals surface area contributed by atoms with Crippen LogP contribution in [0.2, 0.25) is 5.02 Å². The van der Waals surface area contributed by atoms with Gasteiger partial charge in [0.25, 0.3) is 0 Å². The molecule has 1 amide bonds. The van der Waals surface area contributed by atoms with Crippen LogP contribution in [-0.4, -0.2) is 34.6 Å². The number of hydrogen-bond donors (Lipinski definition) is 0. The van der Waals surface area contributed by atoms with Crippen LogP contribution in [0.1, 0.15) is 24.3 Å². The zero-order valence-electron chi connectivity index (χ0n) is 13.0. The lowest BCUT2D eigenvalue weighted by Gasteiger charge is -2.14. The predicted molar refractivity (Wildman–Crippen MR) is 93.7 cm³/mol. The van der Waals surface area contributed by atoms with Crippen LogP contribution >= 0.6 is 23.4 Å². The first-order chi connectivity index (χ1) is 11.1. The van der Waals surface area contributed by atoms with Crippen LogP contribution in [0.3, 0.4) is 0 Å². The van der Waals surface area contributed by atoms with Gasteiger partial charge in [-0.1, -0.05) is 11.6 Å². The summed E-state index contributed by atoms with van der Waals surface area (Å²) in [6.07, 6.45) is 2.26. The molecule has 0 atom stereocenters. The number of nitrogens with zero attached hydrogens (tertiary/aromatic N) is 2. The summed E-state index contributed by atoms with van der Waals surface area (Å²) in [5, 5.41) is 0.688. The topological polar surface area (TPSA) is 46.3 Å². The molecule has 0 unspecified atom stereocenters. The van der Waals surface area contributed by atoms with E-state index in [0.29, 0.717) is 22.4 Å². The third-order valence-corrected chi connectivity index (χ3v) is 5.09. The number of rotatable bonds is 5. The van der Waals surface area contributed by atoms with E-state index in [1.54, 1.807) is 11.8 Å². The molecule has 1 aromatic heterocycles. The molecule has 23 heavy (non-hydrogen) atoms. The summed E-state index contributed by atoms with van der Waals surface area (Å²) in [5.41, 5.74) is 1.80. The van der Waals surface area contributed by atoms with E-state index in [-0.39, 0.29) is 5.91 Å². The molecule has 6 heteroatoms. The average Bonchev–Trinajstić information content (AvgIpc) is 3.18. The molecule has 122 valence electrons. The molecule has 4 nitrogen and oxygen atoms in total. The van der Waals surface area contributed by atoms with Gasteiger partial charge in [0.15, 0.2) is 0 Å². The van der Waals surface area contributed by atoms with Crippen molar-refractivity contribution in [2.75, 3.05) is 18.8 Å². The van der Waals surface area contributed by atoms with Gasteiger partial charge in [-0.2, -0.15) is 0 Å². The van der Waals surface area contributed by atoms with E-state index in [2.05, 4.69) is 4.98 Å². The number of aromatic nitrogens is 1. The number of oxazole rings is 1. The molecule has 1 aliphatic rings. The molecule has 0 N–H and O–H groups in total. The van der Waals surface area contributed by atoms with Crippen molar-refractivity contribution in [3.8, 4) is 11.5 Å². The maximum atomic E-state index is 12.0. The van der Waals surface area contributed by atoms with Crippen LogP contribution in [0, 0.1) is 6.92 Å². The Hall–Kier alpha value is -1.46. The van der Waals surface area contributed by atoms with E-state index >= 15 is 0 Å². The predicted octanol–water partition coefficient (Wildman–Crippen LogP) is 4.16. The number of hydrogen-bond acceptors (Lipinski definition) is 4. The van der Waals surface area contributed by atoms with Gasteiger partial charge in [0.05, 0.1) is 11.4 Å². The van der Waals surface area contributed by atoms with E-state index in [1.807, 2.05) is 36.1 Å². The van der Waals surface area contributed by atoms with Gasteiger partial charge in [0, 0.05) is 29.4 Å². The van der Waals surface area contributed by atoms with Crippen LogP contribution in [0.15, 0.2) is 28.7 Å². The van der Waals surface area contributed by atoms with Crippen molar-refractivity contribution in [2.45, 2.75) is 25.5 Å². The monoisotopic (exact) mass is 350 g/mol. The highest BCUT2D eigenvalue weighted by atomic mass is 35.5. The van der Waals surface area contributed by atoms with Gasteiger partial charge >= 0.3 is 0 Å². The van der Waals surface area contributed by atoms with Gasteiger partial charge in [-0.15, -0.1) is 11.8 Å². The SMILES string of the molecule is Cc1oc(-c2ccc(Cl)cc2)nc1CSCC(=O)N1CCCC1. The minimum Gasteiger partial charge on any atom is -0.441 e. The molecule has 0 aliphatic carbocycles. The summed E-state index contributed by atoms with van der Waals surface area (Å²) < 4.78 is 5.74. The quantitative estimate of drug-likeness (QED) is 0.812. The van der Waals surface area contributed by atoms with E-state index in [9.17, 15) is 4.79 Å². The van der Waals surface area contributed by atoms with Crippen LogP contribution in [0.4, 0.5) is 0 Å². The fourth-order valence-electron chi connectivity index (χ4n) is 2.57. The molecule has 3 rings (SSSR count). The normalized spacial score (nSPS) is 14.4. The zero-order valence-corrected chi connectivity index (χ0v) is 14.6. The molecule has 2 aromatic rings. The number of halogens is 1.